The molecular weight excluding hydrogens is 152 g/mol. The molecule has 4 N–H and O–H groups in total. The summed E-state index contributed by atoms with van der Waals surface area (Å²) in [5, 5.41) is 16.0. The zero-order valence-electron chi connectivity index (χ0n) is 5.83. The number of hydroxylamine groups is 2. The van der Waals surface area contributed by atoms with Crippen molar-refractivity contribution in [2.75, 3.05) is 0 Å². The quantitative estimate of drug-likeness (QED) is 0.320. The van der Waals surface area contributed by atoms with Crippen LogP contribution in [-0.2, 0) is 9.59 Å². The molecule has 0 bridgehead atoms. The van der Waals surface area contributed by atoms with Crippen LogP contribution < -0.4 is 11.0 Å². The van der Waals surface area contributed by atoms with Crippen LogP contribution in [0.25, 0.3) is 0 Å². The Hall–Kier alpha value is -1.14. The van der Waals surface area contributed by atoms with Gasteiger partial charge in [0.05, 0.1) is 0 Å². The lowest BCUT2D eigenvalue weighted by Crippen LogP contribution is -2.21. The number of rotatable bonds is 4. The number of amides is 2. The van der Waals surface area contributed by atoms with Crippen molar-refractivity contribution in [1.82, 2.24) is 11.0 Å². The Morgan fingerprint density at radius 1 is 1.00 bits per heavy atom. The SMILES string of the molecule is O=C(CCCC(=O)NO)NO. The monoisotopic (exact) mass is 162 g/mol. The first-order chi connectivity index (χ1) is 5.20. The van der Waals surface area contributed by atoms with Gasteiger partial charge in [0.1, 0.15) is 0 Å². The fourth-order valence-electron chi connectivity index (χ4n) is 0.521. The predicted octanol–water partition coefficient (Wildman–Crippen LogP) is -0.832. The molecule has 0 aliphatic rings. The van der Waals surface area contributed by atoms with Crippen LogP contribution in [0.4, 0.5) is 0 Å². The van der Waals surface area contributed by atoms with E-state index in [1.54, 1.807) is 0 Å². The molecule has 0 spiro atoms. The molecule has 2 amide bonds. The molecule has 0 saturated carbocycles. The van der Waals surface area contributed by atoms with Crippen LogP contribution in [0.15, 0.2) is 0 Å². The smallest absolute Gasteiger partial charge is 0.243 e. The molecule has 0 aromatic carbocycles. The molecule has 0 rings (SSSR count). The summed E-state index contributed by atoms with van der Waals surface area (Å²) in [6, 6.07) is 0. The third-order valence-electron chi connectivity index (χ3n) is 1.06. The Balaban J connectivity index is 3.27. The minimum absolute atomic E-state index is 0.0594. The molecule has 0 radical (unpaired) electrons. The van der Waals surface area contributed by atoms with Gasteiger partial charge in [-0.1, -0.05) is 0 Å². The maximum Gasteiger partial charge on any atom is 0.243 e. The normalized spacial score (nSPS) is 8.91. The van der Waals surface area contributed by atoms with Crippen LogP contribution in [0, 0.1) is 0 Å². The van der Waals surface area contributed by atoms with E-state index in [1.807, 2.05) is 0 Å². The van der Waals surface area contributed by atoms with Crippen molar-refractivity contribution in [1.29, 1.82) is 0 Å². The molecule has 6 nitrogen and oxygen atoms in total. The van der Waals surface area contributed by atoms with Crippen molar-refractivity contribution in [2.24, 2.45) is 0 Å². The Labute approximate surface area is 63.1 Å². The van der Waals surface area contributed by atoms with E-state index in [2.05, 4.69) is 0 Å². The Kier molecular flexibility index (Phi) is 5.05. The highest BCUT2D eigenvalue weighted by Gasteiger charge is 2.02. The topological polar surface area (TPSA) is 98.7 Å². The standard InChI is InChI=1S/C5H10N2O4/c8-4(6-10)2-1-3-5(9)7-11/h10-11H,1-3H2,(H,6,8)(H,7,9). The second kappa shape index (κ2) is 5.63. The van der Waals surface area contributed by atoms with Gasteiger partial charge in [-0.05, 0) is 6.42 Å². The number of hydrogen-bond acceptors (Lipinski definition) is 4. The molecule has 0 aliphatic carbocycles. The number of carbonyl (C=O) groups is 2. The van der Waals surface area contributed by atoms with E-state index in [-0.39, 0.29) is 12.8 Å². The van der Waals surface area contributed by atoms with Crippen molar-refractivity contribution in [2.45, 2.75) is 19.3 Å². The lowest BCUT2D eigenvalue weighted by Gasteiger charge is -1.97. The first kappa shape index (κ1) is 9.86. The summed E-state index contributed by atoms with van der Waals surface area (Å²) < 4.78 is 0. The lowest BCUT2D eigenvalue weighted by molar-refractivity contribution is -0.130. The summed E-state index contributed by atoms with van der Waals surface area (Å²) in [5.41, 5.74) is 2.85. The summed E-state index contributed by atoms with van der Waals surface area (Å²) in [5.74, 6) is -1.09. The molecule has 6 heteroatoms. The maximum atomic E-state index is 10.3. The predicted molar refractivity (Wildman–Crippen MR) is 33.7 cm³/mol. The summed E-state index contributed by atoms with van der Waals surface area (Å²) in [7, 11) is 0. The zero-order valence-corrected chi connectivity index (χ0v) is 5.83. The van der Waals surface area contributed by atoms with Gasteiger partial charge in [-0.2, -0.15) is 0 Å². The molecule has 0 fully saturated rings. The largest absolute Gasteiger partial charge is 0.289 e. The van der Waals surface area contributed by atoms with Gasteiger partial charge in [0.25, 0.3) is 0 Å². The highest BCUT2D eigenvalue weighted by atomic mass is 16.5. The van der Waals surface area contributed by atoms with Crippen LogP contribution in [0.5, 0.6) is 0 Å². The fraction of sp³-hybridized carbons (Fsp3) is 0.600. The Morgan fingerprint density at radius 3 is 1.64 bits per heavy atom. The summed E-state index contributed by atoms with van der Waals surface area (Å²) >= 11 is 0. The van der Waals surface area contributed by atoms with Gasteiger partial charge >= 0.3 is 0 Å². The first-order valence-corrected chi connectivity index (χ1v) is 3.06. The average molecular weight is 162 g/mol. The molecule has 0 aromatic rings. The van der Waals surface area contributed by atoms with Gasteiger partial charge in [0.15, 0.2) is 0 Å². The Bertz CT molecular complexity index is 131. The van der Waals surface area contributed by atoms with Gasteiger partial charge in [0, 0.05) is 12.8 Å². The van der Waals surface area contributed by atoms with Crippen molar-refractivity contribution >= 4 is 11.8 Å². The molecule has 0 atom stereocenters. The maximum absolute atomic E-state index is 10.3. The van der Waals surface area contributed by atoms with Crippen molar-refractivity contribution < 1.29 is 20.0 Å². The van der Waals surface area contributed by atoms with E-state index >= 15 is 0 Å². The number of carbonyl (C=O) groups excluding carboxylic acids is 2. The average Bonchev–Trinajstić information content (AvgIpc) is 2.04. The minimum atomic E-state index is -0.546. The molecule has 0 saturated heterocycles. The highest BCUT2D eigenvalue weighted by Crippen LogP contribution is 1.93. The van der Waals surface area contributed by atoms with E-state index in [0.29, 0.717) is 6.42 Å². The zero-order chi connectivity index (χ0) is 8.69. The van der Waals surface area contributed by atoms with Crippen molar-refractivity contribution in [3.05, 3.63) is 0 Å². The van der Waals surface area contributed by atoms with E-state index in [1.165, 1.54) is 11.0 Å². The number of hydrogen-bond donors (Lipinski definition) is 4. The fourth-order valence-corrected chi connectivity index (χ4v) is 0.521. The van der Waals surface area contributed by atoms with Crippen LogP contribution in [0.1, 0.15) is 19.3 Å². The van der Waals surface area contributed by atoms with Gasteiger partial charge in [-0.3, -0.25) is 20.0 Å². The minimum Gasteiger partial charge on any atom is -0.289 e. The first-order valence-electron chi connectivity index (χ1n) is 3.06. The molecule has 0 heterocycles. The summed E-state index contributed by atoms with van der Waals surface area (Å²) in [6.07, 6.45) is 0.409. The van der Waals surface area contributed by atoms with Crippen LogP contribution in [0.3, 0.4) is 0 Å². The van der Waals surface area contributed by atoms with Gasteiger partial charge in [-0.15, -0.1) is 0 Å². The summed E-state index contributed by atoms with van der Waals surface area (Å²) in [6.45, 7) is 0. The molecule has 11 heavy (non-hydrogen) atoms. The Morgan fingerprint density at radius 2 is 1.36 bits per heavy atom. The van der Waals surface area contributed by atoms with Crippen LogP contribution in [0.2, 0.25) is 0 Å². The lowest BCUT2D eigenvalue weighted by atomic mass is 10.2. The van der Waals surface area contributed by atoms with Gasteiger partial charge < -0.3 is 0 Å². The van der Waals surface area contributed by atoms with E-state index in [9.17, 15) is 9.59 Å². The van der Waals surface area contributed by atoms with Crippen molar-refractivity contribution in [3.8, 4) is 0 Å². The third kappa shape index (κ3) is 5.31. The molecule has 0 aromatic heterocycles. The van der Waals surface area contributed by atoms with E-state index < -0.39 is 11.8 Å². The van der Waals surface area contributed by atoms with E-state index in [4.69, 9.17) is 10.4 Å². The second-order valence-electron chi connectivity index (χ2n) is 1.92. The molecule has 0 aliphatic heterocycles. The second-order valence-corrected chi connectivity index (χ2v) is 1.92. The van der Waals surface area contributed by atoms with Gasteiger partial charge in [0.2, 0.25) is 11.8 Å². The number of nitrogens with one attached hydrogen (secondary N) is 2. The molecular formula is C5H10N2O4. The van der Waals surface area contributed by atoms with Crippen LogP contribution in [-0.4, -0.2) is 22.2 Å². The highest BCUT2D eigenvalue weighted by molar-refractivity contribution is 5.77. The van der Waals surface area contributed by atoms with Crippen LogP contribution >= 0.6 is 0 Å². The molecule has 0 unspecified atom stereocenters. The third-order valence-corrected chi connectivity index (χ3v) is 1.06. The summed E-state index contributed by atoms with van der Waals surface area (Å²) in [4.78, 5) is 20.7. The molecule has 64 valence electrons. The van der Waals surface area contributed by atoms with Crippen molar-refractivity contribution in [3.63, 3.8) is 0 Å². The van der Waals surface area contributed by atoms with E-state index in [0.717, 1.165) is 0 Å². The van der Waals surface area contributed by atoms with Gasteiger partial charge in [-0.25, -0.2) is 11.0 Å².